The fourth-order valence-electron chi connectivity index (χ4n) is 2.05. The lowest BCUT2D eigenvalue weighted by molar-refractivity contribution is 0.231. The molecule has 2 atom stereocenters. The second kappa shape index (κ2) is 5.64. The Morgan fingerprint density at radius 2 is 1.31 bits per heavy atom. The van der Waals surface area contributed by atoms with E-state index in [9.17, 15) is 0 Å². The third-order valence-corrected chi connectivity index (χ3v) is 3.07. The highest BCUT2D eigenvalue weighted by Gasteiger charge is 2.24. The molecule has 1 heteroatoms. The first-order valence-electron chi connectivity index (χ1n) is 5.37. The maximum absolute atomic E-state index is 3.75. The third-order valence-electron chi connectivity index (χ3n) is 3.07. The van der Waals surface area contributed by atoms with Crippen molar-refractivity contribution in [3.8, 4) is 0 Å². The van der Waals surface area contributed by atoms with Crippen molar-refractivity contribution < 1.29 is 0 Å². The van der Waals surface area contributed by atoms with Crippen molar-refractivity contribution in [1.29, 1.82) is 0 Å². The van der Waals surface area contributed by atoms with E-state index in [1.807, 2.05) is 0 Å². The Morgan fingerprint density at radius 3 is 1.62 bits per heavy atom. The Bertz CT molecular complexity index is 115. The number of rotatable bonds is 2. The molecule has 0 aromatic carbocycles. The van der Waals surface area contributed by atoms with Crippen molar-refractivity contribution in [2.75, 3.05) is 0 Å². The van der Waals surface area contributed by atoms with Crippen molar-refractivity contribution in [2.24, 2.45) is 11.8 Å². The molecule has 0 aromatic rings. The second-order valence-corrected chi connectivity index (χ2v) is 4.80. The Balaban J connectivity index is 0.00000144. The first-order chi connectivity index (χ1) is 5.61. The summed E-state index contributed by atoms with van der Waals surface area (Å²) in [5.41, 5.74) is 0. The van der Waals surface area contributed by atoms with Crippen LogP contribution in [0.15, 0.2) is 0 Å². The van der Waals surface area contributed by atoms with Crippen LogP contribution >= 0.6 is 0 Å². The molecular formula is C12H27N. The standard InChI is InChI=1S/C11H23N.CH4/c1-8(2)10-6-5-7-11(12-10)9(3)4;/h8-12H,5-7H2,1-4H3;1H4/t10-,11-;/m0./s1. The Morgan fingerprint density at radius 1 is 0.923 bits per heavy atom. The van der Waals surface area contributed by atoms with E-state index in [2.05, 4.69) is 33.0 Å². The van der Waals surface area contributed by atoms with Crippen molar-refractivity contribution in [3.63, 3.8) is 0 Å². The summed E-state index contributed by atoms with van der Waals surface area (Å²) in [7, 11) is 0. The fraction of sp³-hybridized carbons (Fsp3) is 1.00. The molecule has 1 heterocycles. The van der Waals surface area contributed by atoms with Gasteiger partial charge in [0, 0.05) is 12.1 Å². The number of hydrogen-bond acceptors (Lipinski definition) is 1. The van der Waals surface area contributed by atoms with Crippen LogP contribution in [0.25, 0.3) is 0 Å². The second-order valence-electron chi connectivity index (χ2n) is 4.80. The van der Waals surface area contributed by atoms with E-state index >= 15 is 0 Å². The zero-order chi connectivity index (χ0) is 9.14. The average molecular weight is 185 g/mol. The van der Waals surface area contributed by atoms with E-state index in [-0.39, 0.29) is 7.43 Å². The Hall–Kier alpha value is -0.0400. The molecule has 0 spiro atoms. The minimum Gasteiger partial charge on any atom is -0.311 e. The highest BCUT2D eigenvalue weighted by atomic mass is 15.0. The van der Waals surface area contributed by atoms with Gasteiger partial charge in [-0.3, -0.25) is 0 Å². The molecular weight excluding hydrogens is 158 g/mol. The molecule has 0 aliphatic carbocycles. The van der Waals surface area contributed by atoms with Crippen LogP contribution in [0, 0.1) is 11.8 Å². The van der Waals surface area contributed by atoms with Gasteiger partial charge < -0.3 is 5.32 Å². The van der Waals surface area contributed by atoms with Crippen LogP contribution < -0.4 is 5.32 Å². The van der Waals surface area contributed by atoms with Crippen LogP contribution in [-0.4, -0.2) is 12.1 Å². The smallest absolute Gasteiger partial charge is 0.00927 e. The molecule has 1 nitrogen and oxygen atoms in total. The summed E-state index contributed by atoms with van der Waals surface area (Å²) in [6.07, 6.45) is 4.17. The molecule has 1 aliphatic heterocycles. The van der Waals surface area contributed by atoms with Crippen LogP contribution in [0.1, 0.15) is 54.4 Å². The summed E-state index contributed by atoms with van der Waals surface area (Å²) >= 11 is 0. The third kappa shape index (κ3) is 3.68. The molecule has 1 rings (SSSR count). The summed E-state index contributed by atoms with van der Waals surface area (Å²) in [6, 6.07) is 1.54. The lowest BCUT2D eigenvalue weighted by Gasteiger charge is -2.35. The average Bonchev–Trinajstić information content (AvgIpc) is 2.04. The van der Waals surface area contributed by atoms with E-state index in [0.29, 0.717) is 0 Å². The minimum absolute atomic E-state index is 0. The van der Waals surface area contributed by atoms with Gasteiger partial charge >= 0.3 is 0 Å². The first kappa shape index (κ1) is 13.0. The van der Waals surface area contributed by atoms with Gasteiger partial charge in [0.05, 0.1) is 0 Å². The van der Waals surface area contributed by atoms with E-state index < -0.39 is 0 Å². The molecule has 0 bridgehead atoms. The van der Waals surface area contributed by atoms with Gasteiger partial charge in [-0.05, 0) is 24.7 Å². The van der Waals surface area contributed by atoms with E-state index in [4.69, 9.17) is 0 Å². The lowest BCUT2D eigenvalue weighted by Crippen LogP contribution is -2.47. The predicted molar refractivity (Wildman–Crippen MR) is 61.0 cm³/mol. The Kier molecular flexibility index (Phi) is 5.62. The maximum atomic E-state index is 3.75. The van der Waals surface area contributed by atoms with E-state index in [1.165, 1.54) is 19.3 Å². The number of hydrogen-bond donors (Lipinski definition) is 1. The normalized spacial score (nSPS) is 29.1. The first-order valence-corrected chi connectivity index (χ1v) is 5.37. The van der Waals surface area contributed by atoms with Crippen molar-refractivity contribution in [2.45, 2.75) is 66.5 Å². The van der Waals surface area contributed by atoms with Crippen LogP contribution in [0.2, 0.25) is 0 Å². The monoisotopic (exact) mass is 185 g/mol. The molecule has 1 fully saturated rings. The van der Waals surface area contributed by atoms with Crippen LogP contribution in [0.3, 0.4) is 0 Å². The Labute approximate surface area is 84.3 Å². The molecule has 13 heavy (non-hydrogen) atoms. The molecule has 80 valence electrons. The largest absolute Gasteiger partial charge is 0.311 e. The summed E-state index contributed by atoms with van der Waals surface area (Å²) < 4.78 is 0. The van der Waals surface area contributed by atoms with E-state index in [1.54, 1.807) is 0 Å². The van der Waals surface area contributed by atoms with Crippen LogP contribution in [-0.2, 0) is 0 Å². The van der Waals surface area contributed by atoms with Gasteiger partial charge in [-0.25, -0.2) is 0 Å². The zero-order valence-corrected chi connectivity index (χ0v) is 8.93. The van der Waals surface area contributed by atoms with Gasteiger partial charge in [0.15, 0.2) is 0 Å². The minimum atomic E-state index is 0. The molecule has 0 unspecified atom stereocenters. The van der Waals surface area contributed by atoms with Gasteiger partial charge in [0.25, 0.3) is 0 Å². The van der Waals surface area contributed by atoms with Gasteiger partial charge in [0.2, 0.25) is 0 Å². The number of piperidine rings is 1. The molecule has 1 saturated heterocycles. The SMILES string of the molecule is C.CC(C)[C@@H]1CCC[C@@H](C(C)C)N1. The molecule has 0 amide bonds. The fourth-order valence-corrected chi connectivity index (χ4v) is 2.05. The summed E-state index contributed by atoms with van der Waals surface area (Å²) in [4.78, 5) is 0. The predicted octanol–water partition coefficient (Wildman–Crippen LogP) is 3.45. The van der Waals surface area contributed by atoms with Crippen molar-refractivity contribution in [3.05, 3.63) is 0 Å². The van der Waals surface area contributed by atoms with Gasteiger partial charge in [-0.1, -0.05) is 41.5 Å². The molecule has 0 aromatic heterocycles. The van der Waals surface area contributed by atoms with Crippen molar-refractivity contribution >= 4 is 0 Å². The van der Waals surface area contributed by atoms with Crippen molar-refractivity contribution in [1.82, 2.24) is 5.32 Å². The lowest BCUT2D eigenvalue weighted by atomic mass is 9.87. The summed E-state index contributed by atoms with van der Waals surface area (Å²) in [5.74, 6) is 1.60. The summed E-state index contributed by atoms with van der Waals surface area (Å²) in [5, 5.41) is 3.75. The van der Waals surface area contributed by atoms with E-state index in [0.717, 1.165) is 23.9 Å². The highest BCUT2D eigenvalue weighted by molar-refractivity contribution is 4.83. The van der Waals surface area contributed by atoms with Crippen LogP contribution in [0.4, 0.5) is 0 Å². The molecule has 0 radical (unpaired) electrons. The quantitative estimate of drug-likeness (QED) is 0.695. The van der Waals surface area contributed by atoms with Gasteiger partial charge in [0.1, 0.15) is 0 Å². The van der Waals surface area contributed by atoms with Gasteiger partial charge in [-0.15, -0.1) is 0 Å². The topological polar surface area (TPSA) is 12.0 Å². The highest BCUT2D eigenvalue weighted by Crippen LogP contribution is 2.21. The zero-order valence-electron chi connectivity index (χ0n) is 8.93. The molecule has 0 saturated carbocycles. The molecule has 1 N–H and O–H groups in total. The van der Waals surface area contributed by atoms with Gasteiger partial charge in [-0.2, -0.15) is 0 Å². The summed E-state index contributed by atoms with van der Waals surface area (Å²) in [6.45, 7) is 9.28. The molecule has 1 aliphatic rings. The number of nitrogens with one attached hydrogen (secondary N) is 1. The maximum Gasteiger partial charge on any atom is 0.00927 e. The van der Waals surface area contributed by atoms with Crippen LogP contribution in [0.5, 0.6) is 0 Å².